The first-order valence-electron chi connectivity index (χ1n) is 11.0. The molecule has 2 aromatic carbocycles. The average Bonchev–Trinajstić information content (AvgIpc) is 3.46. The van der Waals surface area contributed by atoms with E-state index in [1.54, 1.807) is 0 Å². The molecule has 2 atom stereocenters. The lowest BCUT2D eigenvalue weighted by Crippen LogP contribution is -2.35. The van der Waals surface area contributed by atoms with Crippen LogP contribution in [0.1, 0.15) is 56.1 Å². The van der Waals surface area contributed by atoms with Gasteiger partial charge in [0.05, 0.1) is 14.2 Å². The van der Waals surface area contributed by atoms with Gasteiger partial charge < -0.3 is 9.47 Å². The molecule has 0 bridgehead atoms. The van der Waals surface area contributed by atoms with E-state index in [2.05, 4.69) is 13.5 Å². The maximum absolute atomic E-state index is 13.4. The lowest BCUT2D eigenvalue weighted by Gasteiger charge is -2.25. The number of hydrogen-bond acceptors (Lipinski definition) is 4. The Kier molecular flexibility index (Phi) is 6.99. The van der Waals surface area contributed by atoms with Crippen molar-refractivity contribution in [1.82, 2.24) is 0 Å². The van der Waals surface area contributed by atoms with Crippen LogP contribution in [0.4, 0.5) is 0 Å². The molecule has 1 aliphatic rings. The van der Waals surface area contributed by atoms with Gasteiger partial charge in [0.15, 0.2) is 5.41 Å². The fraction of sp³-hybridized carbons (Fsp3) is 0.407. The van der Waals surface area contributed by atoms with E-state index in [0.29, 0.717) is 6.42 Å². The van der Waals surface area contributed by atoms with Gasteiger partial charge in [-0.15, -0.1) is 0 Å². The summed E-state index contributed by atoms with van der Waals surface area (Å²) in [6.07, 6.45) is 4.78. The molecule has 0 unspecified atom stereocenters. The van der Waals surface area contributed by atoms with Gasteiger partial charge in [-0.3, -0.25) is 9.59 Å². The molecular weight excluding hydrogens is 388 g/mol. The molecule has 0 amide bonds. The number of allylic oxidation sites excluding steroid dienone is 1. The Morgan fingerprint density at radius 2 is 1.42 bits per heavy atom. The van der Waals surface area contributed by atoms with Gasteiger partial charge in [0.25, 0.3) is 0 Å². The largest absolute Gasteiger partial charge is 0.468 e. The second kappa shape index (κ2) is 9.51. The molecule has 0 saturated heterocycles. The molecule has 0 aliphatic heterocycles. The van der Waals surface area contributed by atoms with E-state index in [4.69, 9.17) is 9.47 Å². The first-order chi connectivity index (χ1) is 15.0. The van der Waals surface area contributed by atoms with Gasteiger partial charge in [-0.25, -0.2) is 0 Å². The Morgan fingerprint density at radius 1 is 0.871 bits per heavy atom. The van der Waals surface area contributed by atoms with Crippen LogP contribution in [-0.4, -0.2) is 26.2 Å². The summed E-state index contributed by atoms with van der Waals surface area (Å²) in [6, 6.07) is 19.5. The molecule has 4 nitrogen and oxygen atoms in total. The number of carbonyl (C=O) groups excluding carboxylic acids is 2. The van der Waals surface area contributed by atoms with Crippen LogP contribution < -0.4 is 0 Å². The van der Waals surface area contributed by atoms with Crippen LogP contribution in [0.3, 0.4) is 0 Å². The van der Waals surface area contributed by atoms with Gasteiger partial charge in [-0.2, -0.15) is 0 Å². The van der Waals surface area contributed by atoms with Gasteiger partial charge in [0, 0.05) is 11.3 Å². The second-order valence-corrected chi connectivity index (χ2v) is 8.26. The van der Waals surface area contributed by atoms with Gasteiger partial charge >= 0.3 is 11.9 Å². The number of unbranched alkanes of at least 4 members (excludes halogenated alkanes) is 3. The van der Waals surface area contributed by atoms with Crippen LogP contribution in [0.15, 0.2) is 67.2 Å². The van der Waals surface area contributed by atoms with Crippen LogP contribution in [0.2, 0.25) is 0 Å². The Hall–Kier alpha value is -2.88. The SMILES string of the molecule is C=C(c1ccccc1)[C@@]1(CCCCCC)[C@H](c2ccccc2)C1(C(=O)OC)C(=O)OC. The third kappa shape index (κ3) is 3.58. The highest BCUT2D eigenvalue weighted by molar-refractivity contribution is 6.11. The van der Waals surface area contributed by atoms with E-state index >= 15 is 0 Å². The molecule has 1 aliphatic carbocycles. The topological polar surface area (TPSA) is 52.6 Å². The van der Waals surface area contributed by atoms with E-state index in [0.717, 1.165) is 42.4 Å². The summed E-state index contributed by atoms with van der Waals surface area (Å²) in [5.41, 5.74) is 0.384. The third-order valence-corrected chi connectivity index (χ3v) is 6.78. The lowest BCUT2D eigenvalue weighted by atomic mass is 9.78. The molecule has 164 valence electrons. The van der Waals surface area contributed by atoms with Crippen molar-refractivity contribution in [1.29, 1.82) is 0 Å². The quantitative estimate of drug-likeness (QED) is 0.277. The second-order valence-electron chi connectivity index (χ2n) is 8.26. The monoisotopic (exact) mass is 420 g/mol. The molecule has 0 radical (unpaired) electrons. The van der Waals surface area contributed by atoms with Crippen molar-refractivity contribution in [2.45, 2.75) is 44.9 Å². The number of ether oxygens (including phenoxy) is 2. The smallest absolute Gasteiger partial charge is 0.324 e. The molecule has 31 heavy (non-hydrogen) atoms. The fourth-order valence-electron chi connectivity index (χ4n) is 5.35. The Balaban J connectivity index is 2.21. The normalized spacial score (nSPS) is 21.2. The van der Waals surface area contributed by atoms with E-state index in [9.17, 15) is 9.59 Å². The highest BCUT2D eigenvalue weighted by Gasteiger charge is 2.86. The summed E-state index contributed by atoms with van der Waals surface area (Å²) in [5.74, 6) is -1.50. The summed E-state index contributed by atoms with van der Waals surface area (Å²) >= 11 is 0. The van der Waals surface area contributed by atoms with Gasteiger partial charge in [-0.05, 0) is 23.1 Å². The molecule has 0 aromatic heterocycles. The van der Waals surface area contributed by atoms with Gasteiger partial charge in [0.1, 0.15) is 0 Å². The Morgan fingerprint density at radius 3 is 1.94 bits per heavy atom. The maximum Gasteiger partial charge on any atom is 0.324 e. The molecule has 4 heteroatoms. The highest BCUT2D eigenvalue weighted by atomic mass is 16.5. The van der Waals surface area contributed by atoms with E-state index in [1.165, 1.54) is 14.2 Å². The molecular formula is C27H32O4. The van der Waals surface area contributed by atoms with E-state index in [1.807, 2.05) is 60.7 Å². The summed E-state index contributed by atoms with van der Waals surface area (Å²) < 4.78 is 10.5. The minimum absolute atomic E-state index is 0.393. The summed E-state index contributed by atoms with van der Waals surface area (Å²) in [5, 5.41) is 0. The van der Waals surface area contributed by atoms with Crippen LogP contribution in [0.5, 0.6) is 0 Å². The molecule has 1 fully saturated rings. The van der Waals surface area contributed by atoms with Crippen molar-refractivity contribution in [3.63, 3.8) is 0 Å². The fourth-order valence-corrected chi connectivity index (χ4v) is 5.35. The van der Waals surface area contributed by atoms with Gasteiger partial charge in [0.2, 0.25) is 0 Å². The number of methoxy groups -OCH3 is 2. The predicted octanol–water partition coefficient (Wildman–Crippen LogP) is 5.79. The highest BCUT2D eigenvalue weighted by Crippen LogP contribution is 2.81. The summed E-state index contributed by atoms with van der Waals surface area (Å²) in [4.78, 5) is 26.7. The molecule has 3 rings (SSSR count). The van der Waals surface area contributed by atoms with Crippen molar-refractivity contribution in [2.75, 3.05) is 14.2 Å². The Labute approximate surface area is 185 Å². The van der Waals surface area contributed by atoms with Crippen molar-refractivity contribution < 1.29 is 19.1 Å². The van der Waals surface area contributed by atoms with E-state index < -0.39 is 28.7 Å². The van der Waals surface area contributed by atoms with Crippen molar-refractivity contribution >= 4 is 17.5 Å². The number of hydrogen-bond donors (Lipinski definition) is 0. The van der Waals surface area contributed by atoms with Crippen LogP contribution in [0.25, 0.3) is 5.57 Å². The Bertz CT molecular complexity index is 903. The standard InChI is InChI=1S/C27H32O4/c1-5-6-7-14-19-26(20(2)21-15-10-8-11-16-21)23(22-17-12-9-13-18-22)27(26,24(28)30-3)25(29)31-4/h8-13,15-18,23H,2,5-7,14,19H2,1,3-4H3/t23-,26-/m0/s1. The van der Waals surface area contributed by atoms with Crippen LogP contribution >= 0.6 is 0 Å². The zero-order valence-corrected chi connectivity index (χ0v) is 18.7. The summed E-state index contributed by atoms with van der Waals surface area (Å²) in [6.45, 7) is 6.61. The molecule has 0 spiro atoms. The number of esters is 2. The van der Waals surface area contributed by atoms with Crippen LogP contribution in [-0.2, 0) is 19.1 Å². The molecule has 0 heterocycles. The maximum atomic E-state index is 13.4. The predicted molar refractivity (Wildman–Crippen MR) is 122 cm³/mol. The third-order valence-electron chi connectivity index (χ3n) is 6.78. The average molecular weight is 421 g/mol. The van der Waals surface area contributed by atoms with Crippen molar-refractivity contribution in [2.24, 2.45) is 10.8 Å². The van der Waals surface area contributed by atoms with Crippen molar-refractivity contribution in [3.05, 3.63) is 78.4 Å². The number of rotatable bonds is 10. The van der Waals surface area contributed by atoms with Crippen LogP contribution in [0, 0.1) is 10.8 Å². The minimum atomic E-state index is -1.45. The number of benzene rings is 2. The lowest BCUT2D eigenvalue weighted by molar-refractivity contribution is -0.163. The molecule has 0 N–H and O–H groups in total. The molecule has 2 aromatic rings. The minimum Gasteiger partial charge on any atom is -0.468 e. The zero-order valence-electron chi connectivity index (χ0n) is 18.7. The van der Waals surface area contributed by atoms with E-state index in [-0.39, 0.29) is 0 Å². The van der Waals surface area contributed by atoms with Crippen molar-refractivity contribution in [3.8, 4) is 0 Å². The first kappa shape index (κ1) is 22.8. The number of carbonyl (C=O) groups is 2. The first-order valence-corrected chi connectivity index (χ1v) is 11.0. The van der Waals surface area contributed by atoms with Gasteiger partial charge in [-0.1, -0.05) is 99.8 Å². The zero-order chi connectivity index (χ0) is 22.5. The summed E-state index contributed by atoms with van der Waals surface area (Å²) in [7, 11) is 2.67. The molecule has 1 saturated carbocycles.